The van der Waals surface area contributed by atoms with E-state index in [9.17, 15) is 14.4 Å². The van der Waals surface area contributed by atoms with Crippen molar-refractivity contribution in [3.05, 3.63) is 34.7 Å². The summed E-state index contributed by atoms with van der Waals surface area (Å²) >= 11 is 7.20. The summed E-state index contributed by atoms with van der Waals surface area (Å²) in [5, 5.41) is 3.71. The SMILES string of the molecule is CCCN(NC(=O)C1CC=C(Cl)S1)C(=O)Nc1ccc(N2CCOCC2=O)cc1. The van der Waals surface area contributed by atoms with Gasteiger partial charge in [-0.3, -0.25) is 15.0 Å². The number of nitrogens with one attached hydrogen (secondary N) is 2. The highest BCUT2D eigenvalue weighted by atomic mass is 35.5. The van der Waals surface area contributed by atoms with E-state index in [2.05, 4.69) is 10.7 Å². The van der Waals surface area contributed by atoms with Gasteiger partial charge in [-0.05, 0) is 37.1 Å². The van der Waals surface area contributed by atoms with Gasteiger partial charge in [-0.1, -0.05) is 24.6 Å². The molecule has 8 nitrogen and oxygen atoms in total. The van der Waals surface area contributed by atoms with Crippen LogP contribution in [0.1, 0.15) is 19.8 Å². The highest BCUT2D eigenvalue weighted by Gasteiger charge is 2.27. The minimum absolute atomic E-state index is 0.0736. The molecule has 1 aromatic carbocycles. The van der Waals surface area contributed by atoms with Gasteiger partial charge in [-0.2, -0.15) is 0 Å². The van der Waals surface area contributed by atoms with E-state index in [-0.39, 0.29) is 23.7 Å². The zero-order valence-electron chi connectivity index (χ0n) is 16.0. The lowest BCUT2D eigenvalue weighted by Crippen LogP contribution is -2.50. The number of hydrazine groups is 1. The van der Waals surface area contributed by atoms with E-state index < -0.39 is 6.03 Å². The molecule has 3 rings (SSSR count). The van der Waals surface area contributed by atoms with Crippen LogP contribution < -0.4 is 15.6 Å². The number of carbonyl (C=O) groups is 3. The van der Waals surface area contributed by atoms with Gasteiger partial charge in [0.15, 0.2) is 0 Å². The van der Waals surface area contributed by atoms with Crippen molar-refractivity contribution in [2.75, 3.05) is 36.5 Å². The van der Waals surface area contributed by atoms with Crippen LogP contribution in [-0.4, -0.2) is 54.4 Å². The number of rotatable bonds is 5. The summed E-state index contributed by atoms with van der Waals surface area (Å²) in [7, 11) is 0. The van der Waals surface area contributed by atoms with Crippen LogP contribution in [0.25, 0.3) is 0 Å². The Kier molecular flexibility index (Phi) is 7.40. The summed E-state index contributed by atoms with van der Waals surface area (Å²) in [5.74, 6) is -0.351. The molecular weight excluding hydrogens is 416 g/mol. The Hall–Kier alpha value is -2.23. The number of urea groups is 1. The molecule has 1 atom stereocenters. The third-order valence-corrected chi connectivity index (χ3v) is 5.90. The first-order valence-corrected chi connectivity index (χ1v) is 10.6. The van der Waals surface area contributed by atoms with E-state index in [0.29, 0.717) is 42.6 Å². The summed E-state index contributed by atoms with van der Waals surface area (Å²) < 4.78 is 5.73. The highest BCUT2D eigenvalue weighted by molar-refractivity contribution is 8.06. The van der Waals surface area contributed by atoms with Crippen molar-refractivity contribution in [1.29, 1.82) is 0 Å². The third kappa shape index (κ3) is 5.65. The van der Waals surface area contributed by atoms with Crippen molar-refractivity contribution in [2.24, 2.45) is 0 Å². The van der Waals surface area contributed by atoms with Crippen molar-refractivity contribution in [1.82, 2.24) is 10.4 Å². The molecule has 156 valence electrons. The van der Waals surface area contributed by atoms with Crippen LogP contribution in [0.3, 0.4) is 0 Å². The second-order valence-corrected chi connectivity index (χ2v) is 8.43. The summed E-state index contributed by atoms with van der Waals surface area (Å²) in [4.78, 5) is 38.6. The van der Waals surface area contributed by atoms with E-state index in [0.717, 1.165) is 5.69 Å². The molecule has 1 fully saturated rings. The van der Waals surface area contributed by atoms with Crippen molar-refractivity contribution >= 4 is 52.6 Å². The summed E-state index contributed by atoms with van der Waals surface area (Å²) in [5.41, 5.74) is 3.98. The predicted molar refractivity (Wildman–Crippen MR) is 114 cm³/mol. The first-order chi connectivity index (χ1) is 14.0. The molecule has 0 aliphatic carbocycles. The Morgan fingerprint density at radius 3 is 2.72 bits per heavy atom. The van der Waals surface area contributed by atoms with Crippen LogP contribution in [0.4, 0.5) is 16.2 Å². The minimum Gasteiger partial charge on any atom is -0.370 e. The first-order valence-electron chi connectivity index (χ1n) is 9.37. The van der Waals surface area contributed by atoms with Gasteiger partial charge in [0.25, 0.3) is 11.8 Å². The molecule has 2 heterocycles. The van der Waals surface area contributed by atoms with Gasteiger partial charge in [0, 0.05) is 24.5 Å². The topological polar surface area (TPSA) is 91.0 Å². The lowest BCUT2D eigenvalue weighted by atomic mass is 10.2. The molecule has 2 aliphatic heterocycles. The molecule has 2 N–H and O–H groups in total. The van der Waals surface area contributed by atoms with Gasteiger partial charge >= 0.3 is 6.03 Å². The van der Waals surface area contributed by atoms with E-state index >= 15 is 0 Å². The number of allylic oxidation sites excluding steroid dienone is 1. The molecule has 0 bridgehead atoms. The molecule has 0 aromatic heterocycles. The average Bonchev–Trinajstić information content (AvgIpc) is 3.15. The highest BCUT2D eigenvalue weighted by Crippen LogP contribution is 2.34. The fourth-order valence-corrected chi connectivity index (χ4v) is 4.16. The second kappa shape index (κ2) is 10.00. The molecule has 10 heteroatoms. The van der Waals surface area contributed by atoms with Gasteiger partial charge < -0.3 is 15.0 Å². The maximum absolute atomic E-state index is 12.6. The number of benzene rings is 1. The lowest BCUT2D eigenvalue weighted by molar-refractivity contribution is -0.126. The number of hydrogen-bond acceptors (Lipinski definition) is 5. The summed E-state index contributed by atoms with van der Waals surface area (Å²) in [6, 6.07) is 6.54. The standard InChI is InChI=1S/C19H23ClN4O4S/c1-2-9-24(22-18(26)15-7-8-16(20)29-15)19(27)21-13-3-5-14(6-4-13)23-10-11-28-12-17(23)25/h3-6,8,15H,2,7,9-12H2,1H3,(H,21,27)(H,22,26). The molecule has 1 unspecified atom stereocenters. The second-order valence-electron chi connectivity index (χ2n) is 6.55. The number of anilines is 2. The van der Waals surface area contributed by atoms with E-state index in [1.807, 2.05) is 6.92 Å². The van der Waals surface area contributed by atoms with Crippen LogP contribution in [0.2, 0.25) is 0 Å². The molecule has 0 radical (unpaired) electrons. The van der Waals surface area contributed by atoms with Gasteiger partial charge in [-0.25, -0.2) is 9.80 Å². The van der Waals surface area contributed by atoms with Crippen LogP contribution in [-0.2, 0) is 14.3 Å². The number of carbonyl (C=O) groups excluding carboxylic acids is 3. The predicted octanol–water partition coefficient (Wildman–Crippen LogP) is 2.91. The van der Waals surface area contributed by atoms with Crippen LogP contribution in [0, 0.1) is 0 Å². The number of nitrogens with zero attached hydrogens (tertiary/aromatic N) is 2. The number of amides is 4. The largest absolute Gasteiger partial charge is 0.370 e. The lowest BCUT2D eigenvalue weighted by Gasteiger charge is -2.27. The molecule has 1 saturated heterocycles. The van der Waals surface area contributed by atoms with Crippen molar-refractivity contribution in [3.8, 4) is 0 Å². The zero-order chi connectivity index (χ0) is 20.8. The zero-order valence-corrected chi connectivity index (χ0v) is 17.6. The van der Waals surface area contributed by atoms with E-state index in [4.69, 9.17) is 16.3 Å². The van der Waals surface area contributed by atoms with E-state index in [1.54, 1.807) is 35.2 Å². The fourth-order valence-electron chi connectivity index (χ4n) is 2.94. The van der Waals surface area contributed by atoms with Crippen LogP contribution in [0.5, 0.6) is 0 Å². The molecule has 2 aliphatic rings. The summed E-state index contributed by atoms with van der Waals surface area (Å²) in [6.45, 7) is 3.36. The Morgan fingerprint density at radius 2 is 2.10 bits per heavy atom. The molecule has 0 spiro atoms. The molecule has 29 heavy (non-hydrogen) atoms. The Bertz CT molecular complexity index is 802. The number of ether oxygens (including phenoxy) is 1. The van der Waals surface area contributed by atoms with Gasteiger partial charge in [0.05, 0.1) is 16.2 Å². The average molecular weight is 439 g/mol. The fraction of sp³-hybridized carbons (Fsp3) is 0.421. The molecule has 1 aromatic rings. The van der Waals surface area contributed by atoms with Gasteiger partial charge in [0.1, 0.15) is 6.61 Å². The monoisotopic (exact) mass is 438 g/mol. The maximum Gasteiger partial charge on any atom is 0.340 e. The van der Waals surface area contributed by atoms with E-state index in [1.165, 1.54) is 16.8 Å². The van der Waals surface area contributed by atoms with Crippen molar-refractivity contribution in [2.45, 2.75) is 25.0 Å². The Labute approximate surface area is 178 Å². The third-order valence-electron chi connectivity index (χ3n) is 4.39. The number of hydrogen-bond donors (Lipinski definition) is 2. The first kappa shape index (κ1) is 21.5. The number of thioether (sulfide) groups is 1. The van der Waals surface area contributed by atoms with Crippen molar-refractivity contribution in [3.63, 3.8) is 0 Å². The van der Waals surface area contributed by atoms with Gasteiger partial charge in [-0.15, -0.1) is 11.8 Å². The van der Waals surface area contributed by atoms with Crippen LogP contribution in [0.15, 0.2) is 34.7 Å². The molecular formula is C19H23ClN4O4S. The molecule has 0 saturated carbocycles. The summed E-state index contributed by atoms with van der Waals surface area (Å²) in [6.07, 6.45) is 3.02. The molecule has 4 amide bonds. The van der Waals surface area contributed by atoms with Crippen molar-refractivity contribution < 1.29 is 19.1 Å². The Balaban J connectivity index is 1.59. The Morgan fingerprint density at radius 1 is 1.34 bits per heavy atom. The minimum atomic E-state index is -0.433. The quantitative estimate of drug-likeness (QED) is 0.690. The normalized spacial score (nSPS) is 19.0. The number of morpholine rings is 1. The van der Waals surface area contributed by atoms with Crippen LogP contribution >= 0.6 is 23.4 Å². The van der Waals surface area contributed by atoms with Gasteiger partial charge in [0.2, 0.25) is 0 Å². The number of halogens is 1. The smallest absolute Gasteiger partial charge is 0.340 e. The maximum atomic E-state index is 12.6.